The summed E-state index contributed by atoms with van der Waals surface area (Å²) in [6.45, 7) is 0.891. The van der Waals surface area contributed by atoms with Crippen molar-refractivity contribution in [2.75, 3.05) is 27.1 Å². The molecule has 0 aliphatic carbocycles. The van der Waals surface area contributed by atoms with Crippen molar-refractivity contribution in [2.24, 2.45) is 0 Å². The smallest absolute Gasteiger partial charge is 0.337 e. The van der Waals surface area contributed by atoms with Crippen LogP contribution >= 0.6 is 0 Å². The van der Waals surface area contributed by atoms with Crippen LogP contribution in [-0.2, 0) is 38.9 Å². The van der Waals surface area contributed by atoms with Gasteiger partial charge in [-0.25, -0.2) is 27.6 Å². The Labute approximate surface area is 248 Å². The first-order valence-electron chi connectivity index (χ1n) is 13.4. The van der Waals surface area contributed by atoms with E-state index in [0.717, 1.165) is 11.8 Å². The Kier molecular flexibility index (Phi) is 8.84. The zero-order chi connectivity index (χ0) is 30.6. The molecule has 0 aliphatic heterocycles. The number of benzene rings is 3. The van der Waals surface area contributed by atoms with Crippen molar-refractivity contribution in [1.82, 2.24) is 14.5 Å². The minimum absolute atomic E-state index is 0.0121. The molecule has 11 heteroatoms. The highest BCUT2D eigenvalue weighted by molar-refractivity contribution is 7.90. The number of esters is 1. The van der Waals surface area contributed by atoms with Crippen molar-refractivity contribution in [3.05, 3.63) is 107 Å². The lowest BCUT2D eigenvalue weighted by molar-refractivity contribution is 0.0601. The monoisotopic (exact) mass is 603 g/mol. The summed E-state index contributed by atoms with van der Waals surface area (Å²) in [4.78, 5) is 21.5. The first kappa shape index (κ1) is 29.9. The topological polar surface area (TPSA) is 110 Å². The average molecular weight is 604 g/mol. The fourth-order valence-electron chi connectivity index (χ4n) is 4.80. The van der Waals surface area contributed by atoms with E-state index in [1.165, 1.54) is 19.2 Å². The molecule has 222 valence electrons. The molecule has 2 heterocycles. The van der Waals surface area contributed by atoms with Crippen LogP contribution in [0.1, 0.15) is 27.3 Å². The van der Waals surface area contributed by atoms with E-state index in [-0.39, 0.29) is 23.8 Å². The minimum atomic E-state index is -3.42. The molecule has 0 amide bonds. The number of aromatic nitrogens is 3. The number of hydrogen-bond donors (Lipinski definition) is 0. The maximum absolute atomic E-state index is 15.5. The van der Waals surface area contributed by atoms with E-state index in [2.05, 4.69) is 4.98 Å². The zero-order valence-electron chi connectivity index (χ0n) is 23.9. The summed E-state index contributed by atoms with van der Waals surface area (Å²) in [5.41, 5.74) is 3.82. The molecule has 0 spiro atoms. The summed E-state index contributed by atoms with van der Waals surface area (Å²) in [5.74, 6) is 0.0340. The molecule has 5 rings (SSSR count). The van der Waals surface area contributed by atoms with Crippen molar-refractivity contribution in [3.63, 3.8) is 0 Å². The van der Waals surface area contributed by atoms with Crippen LogP contribution in [0.15, 0.2) is 83.8 Å². The minimum Gasteiger partial charge on any atom is -0.473 e. The number of imidazole rings is 1. The standard InChI is InChI=1S/C32H30FN3O6S/c1-40-16-15-36-28-18-23(32(37)41-2)13-14-27(28)34-30(36)19-21-11-12-22(17-25(21)33)26-8-6-10-31(35-26)42-20-24-7-4-5-9-29(24)43(3,38)39/h4-14,17-18H,15-16,19-20H2,1-3H3. The molecule has 2 aromatic heterocycles. The number of carbonyl (C=O) groups is 1. The highest BCUT2D eigenvalue weighted by atomic mass is 32.2. The molecule has 3 aromatic carbocycles. The summed E-state index contributed by atoms with van der Waals surface area (Å²) in [7, 11) is -0.492. The van der Waals surface area contributed by atoms with Crippen LogP contribution in [0.25, 0.3) is 22.3 Å². The molecular formula is C32H30FN3O6S. The number of carbonyl (C=O) groups excluding carboxylic acids is 1. The van der Waals surface area contributed by atoms with Gasteiger partial charge >= 0.3 is 5.97 Å². The maximum Gasteiger partial charge on any atom is 0.337 e. The quantitative estimate of drug-likeness (QED) is 0.189. The number of rotatable bonds is 11. The normalized spacial score (nSPS) is 11.5. The Bertz CT molecular complexity index is 1910. The van der Waals surface area contributed by atoms with Crippen LogP contribution in [0.2, 0.25) is 0 Å². The van der Waals surface area contributed by atoms with Gasteiger partial charge in [-0.3, -0.25) is 0 Å². The number of sulfone groups is 1. The van der Waals surface area contributed by atoms with Gasteiger partial charge < -0.3 is 18.8 Å². The molecular weight excluding hydrogens is 573 g/mol. The SMILES string of the molecule is COCCn1c(Cc2ccc(-c3cccc(OCc4ccccc4S(C)(=O)=O)n3)cc2F)nc2ccc(C(=O)OC)cc21. The number of hydrogen-bond acceptors (Lipinski definition) is 8. The van der Waals surface area contributed by atoms with E-state index >= 15 is 4.39 Å². The third-order valence-corrected chi connectivity index (χ3v) is 8.13. The first-order chi connectivity index (χ1) is 20.7. The lowest BCUT2D eigenvalue weighted by Crippen LogP contribution is -2.10. The summed E-state index contributed by atoms with van der Waals surface area (Å²) in [6, 6.07) is 21.8. The summed E-state index contributed by atoms with van der Waals surface area (Å²) < 4.78 is 57.5. The second-order valence-electron chi connectivity index (χ2n) is 9.88. The number of halogens is 1. The molecule has 0 aliphatic rings. The number of ether oxygens (including phenoxy) is 3. The van der Waals surface area contributed by atoms with Gasteiger partial charge in [-0.1, -0.05) is 36.4 Å². The molecule has 0 unspecified atom stereocenters. The summed E-state index contributed by atoms with van der Waals surface area (Å²) in [5, 5.41) is 0. The third kappa shape index (κ3) is 6.73. The second-order valence-corrected chi connectivity index (χ2v) is 11.9. The van der Waals surface area contributed by atoms with Crippen molar-refractivity contribution in [3.8, 4) is 17.1 Å². The van der Waals surface area contributed by atoms with E-state index in [0.29, 0.717) is 52.4 Å². The highest BCUT2D eigenvalue weighted by Gasteiger charge is 2.17. The molecule has 0 saturated carbocycles. The van der Waals surface area contributed by atoms with E-state index in [4.69, 9.17) is 19.2 Å². The highest BCUT2D eigenvalue weighted by Crippen LogP contribution is 2.26. The van der Waals surface area contributed by atoms with Crippen molar-refractivity contribution in [2.45, 2.75) is 24.5 Å². The van der Waals surface area contributed by atoms with Crippen LogP contribution in [0.4, 0.5) is 4.39 Å². The van der Waals surface area contributed by atoms with Gasteiger partial charge in [-0.2, -0.15) is 0 Å². The number of fused-ring (bicyclic) bond motifs is 1. The average Bonchev–Trinajstić information content (AvgIpc) is 3.35. The van der Waals surface area contributed by atoms with Crippen LogP contribution < -0.4 is 4.74 Å². The van der Waals surface area contributed by atoms with Crippen LogP contribution in [0.5, 0.6) is 5.88 Å². The van der Waals surface area contributed by atoms with E-state index in [1.54, 1.807) is 73.8 Å². The predicted molar refractivity (Wildman–Crippen MR) is 159 cm³/mol. The maximum atomic E-state index is 15.5. The van der Waals surface area contributed by atoms with Gasteiger partial charge in [0.15, 0.2) is 9.84 Å². The molecule has 0 radical (unpaired) electrons. The van der Waals surface area contributed by atoms with Gasteiger partial charge in [0.2, 0.25) is 5.88 Å². The second kappa shape index (κ2) is 12.7. The van der Waals surface area contributed by atoms with Gasteiger partial charge in [0, 0.05) is 43.5 Å². The predicted octanol–water partition coefficient (Wildman–Crippen LogP) is 5.24. The lowest BCUT2D eigenvalue weighted by Gasteiger charge is -2.12. The fraction of sp³-hybridized carbons (Fsp3) is 0.219. The summed E-state index contributed by atoms with van der Waals surface area (Å²) in [6.07, 6.45) is 1.37. The summed E-state index contributed by atoms with van der Waals surface area (Å²) >= 11 is 0. The first-order valence-corrected chi connectivity index (χ1v) is 15.3. The van der Waals surface area contributed by atoms with Crippen LogP contribution in [-0.4, -0.2) is 56.0 Å². The Morgan fingerprint density at radius 1 is 0.930 bits per heavy atom. The molecule has 9 nitrogen and oxygen atoms in total. The molecule has 0 saturated heterocycles. The van der Waals surface area contributed by atoms with Gasteiger partial charge in [-0.05, 0) is 42.0 Å². The Morgan fingerprint density at radius 2 is 1.74 bits per heavy atom. The molecule has 0 N–H and O–H groups in total. The molecule has 0 fully saturated rings. The van der Waals surface area contributed by atoms with E-state index < -0.39 is 21.6 Å². The molecule has 0 atom stereocenters. The van der Waals surface area contributed by atoms with Crippen molar-refractivity contribution >= 4 is 26.8 Å². The fourth-order valence-corrected chi connectivity index (χ4v) is 5.73. The van der Waals surface area contributed by atoms with Gasteiger partial charge in [0.25, 0.3) is 0 Å². The third-order valence-electron chi connectivity index (χ3n) is 6.94. The van der Waals surface area contributed by atoms with E-state index in [1.807, 2.05) is 4.57 Å². The largest absolute Gasteiger partial charge is 0.473 e. The van der Waals surface area contributed by atoms with Gasteiger partial charge in [-0.15, -0.1) is 0 Å². The Balaban J connectivity index is 1.38. The molecule has 0 bridgehead atoms. The number of methoxy groups -OCH3 is 2. The molecule has 5 aromatic rings. The van der Waals surface area contributed by atoms with E-state index in [9.17, 15) is 13.2 Å². The Morgan fingerprint density at radius 3 is 2.49 bits per heavy atom. The number of nitrogens with zero attached hydrogens (tertiary/aromatic N) is 3. The Hall–Kier alpha value is -4.61. The van der Waals surface area contributed by atoms with Gasteiger partial charge in [0.1, 0.15) is 18.2 Å². The number of pyridine rings is 1. The van der Waals surface area contributed by atoms with Crippen LogP contribution in [0.3, 0.4) is 0 Å². The lowest BCUT2D eigenvalue weighted by atomic mass is 10.1. The van der Waals surface area contributed by atoms with Gasteiger partial charge in [0.05, 0.1) is 40.9 Å². The van der Waals surface area contributed by atoms with Crippen molar-refractivity contribution in [1.29, 1.82) is 0 Å². The zero-order valence-corrected chi connectivity index (χ0v) is 24.7. The van der Waals surface area contributed by atoms with Crippen molar-refractivity contribution < 1.29 is 31.8 Å². The molecule has 43 heavy (non-hydrogen) atoms. The van der Waals surface area contributed by atoms with Crippen LogP contribution in [0, 0.1) is 5.82 Å².